The zero-order valence-corrected chi connectivity index (χ0v) is 22.1. The largest absolute Gasteiger partial charge is 0.398 e. The molecule has 1 saturated heterocycles. The molecule has 0 bridgehead atoms. The number of nitrogens with two attached hydrogens (primary N) is 1. The molecule has 5 rings (SSSR count). The van der Waals surface area contributed by atoms with Gasteiger partial charge in [0.05, 0.1) is 17.9 Å². The van der Waals surface area contributed by atoms with Crippen LogP contribution in [0.25, 0.3) is 22.3 Å². The van der Waals surface area contributed by atoms with E-state index in [2.05, 4.69) is 28.1 Å². The Morgan fingerprint density at radius 3 is 2.75 bits per heavy atom. The molecule has 0 radical (unpaired) electrons. The number of rotatable bonds is 8. The number of hydrogen-bond donors (Lipinski definition) is 2. The van der Waals surface area contributed by atoms with Gasteiger partial charge in [0.25, 0.3) is 5.92 Å². The Kier molecular flexibility index (Phi) is 7.40. The van der Waals surface area contributed by atoms with Gasteiger partial charge in [-0.3, -0.25) is 14.9 Å². The van der Waals surface area contributed by atoms with Gasteiger partial charge in [-0.1, -0.05) is 31.4 Å². The third-order valence-electron chi connectivity index (χ3n) is 6.89. The molecular formula is C31H29F3N6. The molecule has 3 N–H and O–H groups in total. The van der Waals surface area contributed by atoms with Crippen molar-refractivity contribution in [3.05, 3.63) is 120 Å². The fourth-order valence-corrected chi connectivity index (χ4v) is 4.95. The van der Waals surface area contributed by atoms with Crippen molar-refractivity contribution in [3.8, 4) is 11.1 Å². The van der Waals surface area contributed by atoms with Crippen molar-refractivity contribution in [1.29, 1.82) is 0 Å². The van der Waals surface area contributed by atoms with Gasteiger partial charge in [-0.25, -0.2) is 18.2 Å². The Bertz CT molecular complexity index is 1610. The summed E-state index contributed by atoms with van der Waals surface area (Å²) in [5.41, 5.74) is 11.2. The first-order chi connectivity index (χ1) is 19.2. The quantitative estimate of drug-likeness (QED) is 0.198. The van der Waals surface area contributed by atoms with Gasteiger partial charge in [-0.15, -0.1) is 0 Å². The number of benzene rings is 1. The minimum atomic E-state index is -2.69. The molecule has 4 heterocycles. The van der Waals surface area contributed by atoms with E-state index in [-0.39, 0.29) is 35.4 Å². The highest BCUT2D eigenvalue weighted by Crippen LogP contribution is 2.36. The molecular weight excluding hydrogens is 513 g/mol. The lowest BCUT2D eigenvalue weighted by Crippen LogP contribution is -2.24. The average molecular weight is 543 g/mol. The predicted molar refractivity (Wildman–Crippen MR) is 152 cm³/mol. The Morgan fingerprint density at radius 2 is 2.05 bits per heavy atom. The molecule has 6 nitrogen and oxygen atoms in total. The minimum absolute atomic E-state index is 0.120. The average Bonchev–Trinajstić information content (AvgIpc) is 3.48. The Morgan fingerprint density at radius 1 is 1.23 bits per heavy atom. The molecule has 0 spiro atoms. The van der Waals surface area contributed by atoms with Crippen LogP contribution in [0.2, 0.25) is 0 Å². The molecule has 40 heavy (non-hydrogen) atoms. The summed E-state index contributed by atoms with van der Waals surface area (Å²) in [4.78, 5) is 18.3. The van der Waals surface area contributed by atoms with Gasteiger partial charge in [0.2, 0.25) is 0 Å². The molecule has 0 aliphatic carbocycles. The highest BCUT2D eigenvalue weighted by Gasteiger charge is 2.38. The summed E-state index contributed by atoms with van der Waals surface area (Å²) < 4.78 is 43.4. The Balaban J connectivity index is 1.47. The lowest BCUT2D eigenvalue weighted by atomic mass is 9.97. The zero-order valence-electron chi connectivity index (χ0n) is 22.1. The third kappa shape index (κ3) is 5.46. The first-order valence-electron chi connectivity index (χ1n) is 12.8. The van der Waals surface area contributed by atoms with Crippen LogP contribution in [0.1, 0.15) is 40.5 Å². The summed E-state index contributed by atoms with van der Waals surface area (Å²) in [5, 5.41) is 0. The van der Waals surface area contributed by atoms with E-state index >= 15 is 4.39 Å². The lowest BCUT2D eigenvalue weighted by Gasteiger charge is -2.16. The van der Waals surface area contributed by atoms with E-state index in [9.17, 15) is 8.78 Å². The molecule has 1 aromatic carbocycles. The number of aromatic nitrogens is 4. The second kappa shape index (κ2) is 10.9. The van der Waals surface area contributed by atoms with Crippen LogP contribution in [-0.4, -0.2) is 43.8 Å². The van der Waals surface area contributed by atoms with E-state index in [1.165, 1.54) is 6.20 Å². The molecule has 4 aromatic rings. The number of pyridine rings is 2. The molecule has 204 valence electrons. The number of likely N-dealkylation sites (tertiary alicyclic amines) is 1. The van der Waals surface area contributed by atoms with E-state index < -0.39 is 11.7 Å². The first-order valence-corrected chi connectivity index (χ1v) is 12.8. The van der Waals surface area contributed by atoms with Crippen LogP contribution in [0.3, 0.4) is 0 Å². The Hall–Kier alpha value is -4.50. The van der Waals surface area contributed by atoms with Crippen LogP contribution in [0.5, 0.6) is 0 Å². The smallest absolute Gasteiger partial charge is 0.261 e. The maximum atomic E-state index is 16.1. The van der Waals surface area contributed by atoms with E-state index in [0.29, 0.717) is 41.4 Å². The minimum Gasteiger partial charge on any atom is -0.398 e. The van der Waals surface area contributed by atoms with Crippen LogP contribution >= 0.6 is 0 Å². The van der Waals surface area contributed by atoms with Gasteiger partial charge >= 0.3 is 0 Å². The zero-order chi connectivity index (χ0) is 28.4. The maximum absolute atomic E-state index is 16.1. The van der Waals surface area contributed by atoms with Crippen LogP contribution in [-0.2, 0) is 6.54 Å². The SMILES string of the molecule is C=C/C=C(/c1ccccn1)c1nc(C(=C)c2c(N)ccc(-c3cncc(CN4CCC(F)(F)C4)c3)c2F)[nH]c1C. The molecule has 1 aliphatic rings. The summed E-state index contributed by atoms with van der Waals surface area (Å²) in [5.74, 6) is -2.89. The summed E-state index contributed by atoms with van der Waals surface area (Å²) in [7, 11) is 0. The molecule has 0 amide bonds. The number of aryl methyl sites for hydroxylation is 1. The standard InChI is InChI=1S/C31H29F3N6/c1-4-7-24(26-8-5-6-12-37-26)29-20(3)38-30(39-29)19(2)27-25(35)10-9-23(28(27)32)22-14-21(15-36-16-22)17-40-13-11-31(33,34)18-40/h4-10,12,14-16H,1-2,11,13,17-18,35H2,3H3,(H,38,39)/b24-7-. The van der Waals surface area contributed by atoms with Crippen molar-refractivity contribution in [2.45, 2.75) is 25.8 Å². The van der Waals surface area contributed by atoms with Crippen molar-refractivity contribution in [3.63, 3.8) is 0 Å². The fraction of sp³-hybridized carbons (Fsp3) is 0.194. The highest BCUT2D eigenvalue weighted by atomic mass is 19.3. The second-order valence-corrected chi connectivity index (χ2v) is 9.86. The highest BCUT2D eigenvalue weighted by molar-refractivity contribution is 5.87. The summed E-state index contributed by atoms with van der Waals surface area (Å²) in [6.45, 7) is 10.1. The van der Waals surface area contributed by atoms with Gasteiger partial charge in [0, 0.05) is 77.3 Å². The molecule has 0 saturated carbocycles. The normalized spacial score (nSPS) is 15.3. The van der Waals surface area contributed by atoms with Crippen molar-refractivity contribution >= 4 is 16.8 Å². The van der Waals surface area contributed by atoms with Crippen LogP contribution < -0.4 is 5.73 Å². The van der Waals surface area contributed by atoms with E-state index in [1.807, 2.05) is 31.2 Å². The molecule has 0 unspecified atom stereocenters. The van der Waals surface area contributed by atoms with Crippen molar-refractivity contribution in [2.24, 2.45) is 0 Å². The number of hydrogen-bond acceptors (Lipinski definition) is 5. The third-order valence-corrected chi connectivity index (χ3v) is 6.89. The summed E-state index contributed by atoms with van der Waals surface area (Å²) >= 11 is 0. The van der Waals surface area contributed by atoms with Crippen molar-refractivity contribution in [1.82, 2.24) is 24.8 Å². The monoisotopic (exact) mass is 542 g/mol. The number of H-pyrrole nitrogens is 1. The number of imidazole rings is 1. The molecule has 9 heteroatoms. The number of allylic oxidation sites excluding steroid dienone is 2. The molecule has 3 aromatic heterocycles. The fourth-order valence-electron chi connectivity index (χ4n) is 4.95. The van der Waals surface area contributed by atoms with Gasteiger partial charge in [0.1, 0.15) is 11.6 Å². The van der Waals surface area contributed by atoms with Crippen LogP contribution in [0, 0.1) is 12.7 Å². The number of halogens is 3. The van der Waals surface area contributed by atoms with E-state index in [0.717, 1.165) is 11.3 Å². The number of aromatic amines is 1. The molecule has 1 aliphatic heterocycles. The van der Waals surface area contributed by atoms with Gasteiger partial charge < -0.3 is 10.7 Å². The molecule has 1 fully saturated rings. The maximum Gasteiger partial charge on any atom is 0.261 e. The van der Waals surface area contributed by atoms with Gasteiger partial charge in [0.15, 0.2) is 0 Å². The van der Waals surface area contributed by atoms with Crippen molar-refractivity contribution < 1.29 is 13.2 Å². The van der Waals surface area contributed by atoms with E-state index in [4.69, 9.17) is 10.7 Å². The summed E-state index contributed by atoms with van der Waals surface area (Å²) in [6.07, 6.45) is 8.15. The van der Waals surface area contributed by atoms with Gasteiger partial charge in [-0.2, -0.15) is 0 Å². The van der Waals surface area contributed by atoms with Crippen LogP contribution in [0.4, 0.5) is 18.9 Å². The number of alkyl halides is 2. The number of nitrogen functional groups attached to an aromatic ring is 1. The Labute approximate surface area is 230 Å². The summed E-state index contributed by atoms with van der Waals surface area (Å²) in [6, 6.07) is 10.5. The topological polar surface area (TPSA) is 83.7 Å². The lowest BCUT2D eigenvalue weighted by molar-refractivity contribution is 0.0115. The first kappa shape index (κ1) is 27.1. The predicted octanol–water partition coefficient (Wildman–Crippen LogP) is 6.42. The number of nitrogens with zero attached hydrogens (tertiary/aromatic N) is 4. The number of anilines is 1. The van der Waals surface area contributed by atoms with Crippen molar-refractivity contribution in [2.75, 3.05) is 18.8 Å². The van der Waals surface area contributed by atoms with Crippen LogP contribution in [0.15, 0.2) is 80.3 Å². The number of nitrogens with one attached hydrogen (secondary N) is 1. The van der Waals surface area contributed by atoms with Gasteiger partial charge in [-0.05, 0) is 42.8 Å². The molecule has 0 atom stereocenters. The van der Waals surface area contributed by atoms with E-state index in [1.54, 1.807) is 41.6 Å². The second-order valence-electron chi connectivity index (χ2n) is 9.86.